The summed E-state index contributed by atoms with van der Waals surface area (Å²) in [4.78, 5) is 17.5. The van der Waals surface area contributed by atoms with E-state index in [-0.39, 0.29) is 19.1 Å². The second kappa shape index (κ2) is 10.4. The molecule has 0 atom stereocenters. The van der Waals surface area contributed by atoms with Crippen LogP contribution in [0.3, 0.4) is 0 Å². The molecule has 4 aromatic rings. The average molecular weight is 492 g/mol. The number of anilines is 2. The van der Waals surface area contributed by atoms with E-state index < -0.39 is 11.6 Å². The third-order valence-electron chi connectivity index (χ3n) is 6.32. The number of carbonyl (C=O) groups is 1. The third-order valence-corrected chi connectivity index (χ3v) is 6.32. The van der Waals surface area contributed by atoms with Crippen molar-refractivity contribution in [3.8, 4) is 0 Å². The van der Waals surface area contributed by atoms with E-state index in [2.05, 4.69) is 32.4 Å². The minimum Gasteiger partial charge on any atom is -0.372 e. The van der Waals surface area contributed by atoms with Gasteiger partial charge in [0.2, 0.25) is 0 Å². The average Bonchev–Trinajstić information content (AvgIpc) is 3.26. The van der Waals surface area contributed by atoms with Gasteiger partial charge in [0, 0.05) is 48.9 Å². The Labute approximate surface area is 207 Å². The number of amides is 1. The summed E-state index contributed by atoms with van der Waals surface area (Å²) in [5.74, 6) is -1.10. The molecule has 1 saturated heterocycles. The van der Waals surface area contributed by atoms with Crippen LogP contribution < -0.4 is 10.2 Å². The van der Waals surface area contributed by atoms with Gasteiger partial charge in [-0.25, -0.2) is 8.78 Å². The summed E-state index contributed by atoms with van der Waals surface area (Å²) in [6, 6.07) is 16.5. The van der Waals surface area contributed by atoms with Crippen molar-refractivity contribution in [3.05, 3.63) is 89.0 Å². The van der Waals surface area contributed by atoms with E-state index in [9.17, 15) is 13.6 Å². The number of rotatable bonds is 7. The first-order valence-electron chi connectivity index (χ1n) is 11.8. The molecule has 36 heavy (non-hydrogen) atoms. The summed E-state index contributed by atoms with van der Waals surface area (Å²) in [7, 11) is 2.12. The highest BCUT2D eigenvalue weighted by Crippen LogP contribution is 2.24. The van der Waals surface area contributed by atoms with Gasteiger partial charge in [0.15, 0.2) is 5.82 Å². The number of carbonyl (C=O) groups excluding carboxylic acids is 1. The Balaban J connectivity index is 1.23. The second-order valence-corrected chi connectivity index (χ2v) is 9.01. The van der Waals surface area contributed by atoms with Crippen molar-refractivity contribution in [1.82, 2.24) is 15.1 Å². The normalized spacial score (nSPS) is 14.4. The SMILES string of the molecule is CN1CCN(c2ccc(C(=O)Nc3n[nH]c4ccc(COCc5cc(F)cc(F)c5)cc34)cc2)CC1. The van der Waals surface area contributed by atoms with Crippen molar-refractivity contribution >= 4 is 28.3 Å². The van der Waals surface area contributed by atoms with E-state index >= 15 is 0 Å². The van der Waals surface area contributed by atoms with Crippen LogP contribution in [0.15, 0.2) is 60.7 Å². The topological polar surface area (TPSA) is 73.5 Å². The Morgan fingerprint density at radius 3 is 2.36 bits per heavy atom. The molecule has 2 heterocycles. The Morgan fingerprint density at radius 2 is 1.64 bits per heavy atom. The van der Waals surface area contributed by atoms with Crippen LogP contribution >= 0.6 is 0 Å². The molecular weight excluding hydrogens is 464 g/mol. The molecule has 7 nitrogen and oxygen atoms in total. The van der Waals surface area contributed by atoms with Gasteiger partial charge >= 0.3 is 0 Å². The number of hydrogen-bond acceptors (Lipinski definition) is 5. The molecule has 1 aliphatic rings. The molecule has 9 heteroatoms. The molecule has 0 radical (unpaired) electrons. The number of halogens is 2. The lowest BCUT2D eigenvalue weighted by atomic mass is 10.1. The Morgan fingerprint density at radius 1 is 0.944 bits per heavy atom. The zero-order valence-electron chi connectivity index (χ0n) is 19.9. The van der Waals surface area contributed by atoms with Gasteiger partial charge in [-0.2, -0.15) is 5.10 Å². The quantitative estimate of drug-likeness (QED) is 0.397. The maximum absolute atomic E-state index is 13.4. The summed E-state index contributed by atoms with van der Waals surface area (Å²) in [5.41, 5.74) is 3.68. The van der Waals surface area contributed by atoms with E-state index in [4.69, 9.17) is 4.74 Å². The van der Waals surface area contributed by atoms with Crippen LogP contribution in [0.25, 0.3) is 10.9 Å². The van der Waals surface area contributed by atoms with Gasteiger partial charge < -0.3 is 19.9 Å². The number of ether oxygens (including phenoxy) is 1. The van der Waals surface area contributed by atoms with Gasteiger partial charge in [0.25, 0.3) is 5.91 Å². The fraction of sp³-hybridized carbons (Fsp3) is 0.259. The maximum atomic E-state index is 13.4. The lowest BCUT2D eigenvalue weighted by Crippen LogP contribution is -2.44. The third kappa shape index (κ3) is 5.53. The van der Waals surface area contributed by atoms with E-state index in [1.54, 1.807) is 0 Å². The van der Waals surface area contributed by atoms with Gasteiger partial charge in [-0.3, -0.25) is 9.89 Å². The summed E-state index contributed by atoms with van der Waals surface area (Å²) >= 11 is 0. The summed E-state index contributed by atoms with van der Waals surface area (Å²) in [6.07, 6.45) is 0. The molecule has 0 unspecified atom stereocenters. The first-order chi connectivity index (χ1) is 17.4. The van der Waals surface area contributed by atoms with Gasteiger partial charge in [-0.1, -0.05) is 6.07 Å². The molecule has 0 bridgehead atoms. The molecule has 3 aromatic carbocycles. The number of nitrogens with one attached hydrogen (secondary N) is 2. The molecular formula is C27H27F2N5O2. The van der Waals surface area contributed by atoms with Crippen molar-refractivity contribution in [3.63, 3.8) is 0 Å². The molecule has 0 saturated carbocycles. The molecule has 2 N–H and O–H groups in total. The Hall–Kier alpha value is -3.82. The molecule has 186 valence electrons. The van der Waals surface area contributed by atoms with Crippen molar-refractivity contribution in [2.75, 3.05) is 43.4 Å². The molecule has 1 aliphatic heterocycles. The van der Waals surface area contributed by atoms with Crippen LogP contribution in [0.5, 0.6) is 0 Å². The highest BCUT2D eigenvalue weighted by molar-refractivity contribution is 6.08. The van der Waals surface area contributed by atoms with Gasteiger partial charge in [-0.15, -0.1) is 0 Å². The number of likely N-dealkylation sites (N-methyl/N-ethyl adjacent to an activating group) is 1. The first-order valence-corrected chi connectivity index (χ1v) is 11.8. The predicted molar refractivity (Wildman–Crippen MR) is 135 cm³/mol. The summed E-state index contributed by atoms with van der Waals surface area (Å²) in [6.45, 7) is 4.28. The van der Waals surface area contributed by atoms with Gasteiger partial charge in [0.1, 0.15) is 11.6 Å². The van der Waals surface area contributed by atoms with Crippen LogP contribution in [0.2, 0.25) is 0 Å². The number of benzene rings is 3. The zero-order chi connectivity index (χ0) is 25.1. The van der Waals surface area contributed by atoms with Crippen LogP contribution in [-0.4, -0.2) is 54.2 Å². The number of nitrogens with zero attached hydrogens (tertiary/aromatic N) is 3. The van der Waals surface area contributed by atoms with Crippen LogP contribution in [0, 0.1) is 11.6 Å². The second-order valence-electron chi connectivity index (χ2n) is 9.01. The molecule has 0 spiro atoms. The van der Waals surface area contributed by atoms with Crippen LogP contribution in [0.4, 0.5) is 20.3 Å². The standard InChI is InChI=1S/C27H27F2N5O2/c1-33-8-10-34(11-9-33)23-5-3-20(4-6-23)27(35)30-26-24-14-18(2-7-25(24)31-32-26)16-36-17-19-12-21(28)15-22(29)13-19/h2-7,12-15H,8-11,16-17H2,1H3,(H2,30,31,32,35). The van der Waals surface area contributed by atoms with Crippen LogP contribution in [0.1, 0.15) is 21.5 Å². The minimum absolute atomic E-state index is 0.0752. The molecule has 1 aromatic heterocycles. The van der Waals surface area contributed by atoms with Crippen molar-refractivity contribution in [1.29, 1.82) is 0 Å². The Kier molecular flexibility index (Phi) is 6.92. The maximum Gasteiger partial charge on any atom is 0.256 e. The summed E-state index contributed by atoms with van der Waals surface area (Å²) < 4.78 is 32.4. The smallest absolute Gasteiger partial charge is 0.256 e. The molecule has 5 rings (SSSR count). The molecule has 1 fully saturated rings. The highest BCUT2D eigenvalue weighted by atomic mass is 19.1. The fourth-order valence-electron chi connectivity index (χ4n) is 4.30. The fourth-order valence-corrected chi connectivity index (χ4v) is 4.30. The number of H-pyrrole nitrogens is 1. The van der Waals surface area contributed by atoms with Crippen molar-refractivity contribution in [2.45, 2.75) is 13.2 Å². The van der Waals surface area contributed by atoms with E-state index in [0.717, 1.165) is 54.4 Å². The first kappa shape index (κ1) is 23.9. The number of hydrogen-bond donors (Lipinski definition) is 2. The molecule has 1 amide bonds. The highest BCUT2D eigenvalue weighted by Gasteiger charge is 2.16. The van der Waals surface area contributed by atoms with Gasteiger partial charge in [0.05, 0.1) is 18.7 Å². The predicted octanol–water partition coefficient (Wildman–Crippen LogP) is 4.56. The van der Waals surface area contributed by atoms with Crippen LogP contribution in [-0.2, 0) is 18.0 Å². The van der Waals surface area contributed by atoms with E-state index in [0.29, 0.717) is 16.9 Å². The minimum atomic E-state index is -0.636. The number of piperazine rings is 1. The Bertz CT molecular complexity index is 1340. The largest absolute Gasteiger partial charge is 0.372 e. The molecule has 0 aliphatic carbocycles. The van der Waals surface area contributed by atoms with E-state index in [1.807, 2.05) is 42.5 Å². The zero-order valence-corrected chi connectivity index (χ0v) is 19.9. The van der Waals surface area contributed by atoms with Gasteiger partial charge in [-0.05, 0) is 66.7 Å². The van der Waals surface area contributed by atoms with E-state index in [1.165, 1.54) is 12.1 Å². The lowest BCUT2D eigenvalue weighted by molar-refractivity contribution is 0.102. The summed E-state index contributed by atoms with van der Waals surface area (Å²) in [5, 5.41) is 10.8. The lowest BCUT2D eigenvalue weighted by Gasteiger charge is -2.34. The number of fused-ring (bicyclic) bond motifs is 1. The van der Waals surface area contributed by atoms with Crippen molar-refractivity contribution in [2.24, 2.45) is 0 Å². The number of aromatic nitrogens is 2. The monoisotopic (exact) mass is 491 g/mol. The number of aromatic amines is 1. The van der Waals surface area contributed by atoms with Crippen molar-refractivity contribution < 1.29 is 18.3 Å².